The van der Waals surface area contributed by atoms with Gasteiger partial charge in [0.1, 0.15) is 5.75 Å². The van der Waals surface area contributed by atoms with Gasteiger partial charge in [-0.2, -0.15) is 0 Å². The van der Waals surface area contributed by atoms with Crippen molar-refractivity contribution in [2.45, 2.75) is 38.3 Å². The Hall–Kier alpha value is -1.97. The van der Waals surface area contributed by atoms with E-state index < -0.39 is 0 Å². The highest BCUT2D eigenvalue weighted by Gasteiger charge is 2.37. The van der Waals surface area contributed by atoms with E-state index in [9.17, 15) is 4.79 Å². The minimum Gasteiger partial charge on any atom is -0.493 e. The molecule has 0 spiro atoms. The van der Waals surface area contributed by atoms with E-state index in [0.717, 1.165) is 36.1 Å². The van der Waals surface area contributed by atoms with Gasteiger partial charge in [-0.3, -0.25) is 4.79 Å². The van der Waals surface area contributed by atoms with Gasteiger partial charge < -0.3 is 15.4 Å². The van der Waals surface area contributed by atoms with Crippen molar-refractivity contribution in [1.82, 2.24) is 4.90 Å². The summed E-state index contributed by atoms with van der Waals surface area (Å²) in [4.78, 5) is 14.6. The van der Waals surface area contributed by atoms with Crippen molar-refractivity contribution >= 4 is 5.91 Å². The van der Waals surface area contributed by atoms with Crippen molar-refractivity contribution in [3.8, 4) is 5.75 Å². The number of fused-ring (bicyclic) bond motifs is 1. The molecule has 4 heteroatoms. The standard InChI is InChI=1S/C16H20N2O2/c1-11-6-7-12(10-17)16(19)18(11)14-8-9-20-15-5-3-2-4-13(14)15/h2-5,10-11,14H,6-9,17H2,1H3/b12-10+/t11-,14?/m1/s1. The number of carbonyl (C=O) groups is 1. The van der Waals surface area contributed by atoms with E-state index in [0.29, 0.717) is 6.61 Å². The second-order valence-corrected chi connectivity index (χ2v) is 5.48. The Morgan fingerprint density at radius 1 is 1.35 bits per heavy atom. The molecule has 0 aliphatic carbocycles. The first-order chi connectivity index (χ1) is 9.72. The molecule has 20 heavy (non-hydrogen) atoms. The van der Waals surface area contributed by atoms with Gasteiger partial charge in [0.25, 0.3) is 5.91 Å². The van der Waals surface area contributed by atoms with Gasteiger partial charge in [0, 0.05) is 29.8 Å². The van der Waals surface area contributed by atoms with Crippen molar-refractivity contribution in [2.75, 3.05) is 6.61 Å². The molecular weight excluding hydrogens is 252 g/mol. The SMILES string of the molecule is C[C@@H]1CC/C(=C\N)C(=O)N1C1CCOc2ccccc21. The summed E-state index contributed by atoms with van der Waals surface area (Å²) in [6, 6.07) is 8.33. The Balaban J connectivity index is 1.98. The molecule has 1 aromatic carbocycles. The average Bonchev–Trinajstić information content (AvgIpc) is 2.48. The fraction of sp³-hybridized carbons (Fsp3) is 0.438. The van der Waals surface area contributed by atoms with Crippen LogP contribution < -0.4 is 10.5 Å². The molecular formula is C16H20N2O2. The van der Waals surface area contributed by atoms with Gasteiger partial charge in [-0.05, 0) is 25.8 Å². The number of likely N-dealkylation sites (tertiary alicyclic amines) is 1. The summed E-state index contributed by atoms with van der Waals surface area (Å²) in [5, 5.41) is 0. The predicted octanol–water partition coefficient (Wildman–Crippen LogP) is 2.36. The van der Waals surface area contributed by atoms with Crippen molar-refractivity contribution in [2.24, 2.45) is 5.73 Å². The van der Waals surface area contributed by atoms with Gasteiger partial charge in [-0.1, -0.05) is 18.2 Å². The maximum Gasteiger partial charge on any atom is 0.251 e. The van der Waals surface area contributed by atoms with Crippen molar-refractivity contribution in [1.29, 1.82) is 0 Å². The fourth-order valence-corrected chi connectivity index (χ4v) is 3.19. The lowest BCUT2D eigenvalue weighted by molar-refractivity contribution is -0.134. The van der Waals surface area contributed by atoms with E-state index >= 15 is 0 Å². The number of piperidine rings is 1. The van der Waals surface area contributed by atoms with E-state index in [1.165, 1.54) is 6.20 Å². The number of hydrogen-bond acceptors (Lipinski definition) is 3. The van der Waals surface area contributed by atoms with Crippen LogP contribution in [0.2, 0.25) is 0 Å². The van der Waals surface area contributed by atoms with E-state index in [4.69, 9.17) is 10.5 Å². The summed E-state index contributed by atoms with van der Waals surface area (Å²) >= 11 is 0. The molecule has 2 aliphatic rings. The highest BCUT2D eigenvalue weighted by atomic mass is 16.5. The number of para-hydroxylation sites is 1. The molecule has 4 nitrogen and oxygen atoms in total. The average molecular weight is 272 g/mol. The number of benzene rings is 1. The Bertz CT molecular complexity index is 553. The molecule has 1 aromatic rings. The number of rotatable bonds is 1. The summed E-state index contributed by atoms with van der Waals surface area (Å²) in [6.45, 7) is 2.77. The largest absolute Gasteiger partial charge is 0.493 e. The van der Waals surface area contributed by atoms with Crippen LogP contribution in [0.3, 0.4) is 0 Å². The van der Waals surface area contributed by atoms with Crippen LogP contribution in [0.25, 0.3) is 0 Å². The van der Waals surface area contributed by atoms with E-state index in [2.05, 4.69) is 13.0 Å². The Labute approximate surface area is 119 Å². The molecule has 2 aliphatic heterocycles. The predicted molar refractivity (Wildman–Crippen MR) is 77.1 cm³/mol. The highest BCUT2D eigenvalue weighted by molar-refractivity contribution is 5.94. The number of nitrogens with two attached hydrogens (primary N) is 1. The maximum absolute atomic E-state index is 12.6. The third-order valence-corrected chi connectivity index (χ3v) is 4.28. The molecule has 2 N–H and O–H groups in total. The third kappa shape index (κ3) is 2.05. The molecule has 0 bridgehead atoms. The topological polar surface area (TPSA) is 55.6 Å². The van der Waals surface area contributed by atoms with Gasteiger partial charge in [-0.25, -0.2) is 0 Å². The van der Waals surface area contributed by atoms with Gasteiger partial charge in [-0.15, -0.1) is 0 Å². The number of nitrogens with zero attached hydrogens (tertiary/aromatic N) is 1. The van der Waals surface area contributed by atoms with Crippen molar-refractivity contribution < 1.29 is 9.53 Å². The van der Waals surface area contributed by atoms with E-state index in [-0.39, 0.29) is 18.0 Å². The Morgan fingerprint density at radius 3 is 2.95 bits per heavy atom. The molecule has 0 saturated carbocycles. The van der Waals surface area contributed by atoms with Crippen LogP contribution >= 0.6 is 0 Å². The molecule has 1 amide bonds. The number of carbonyl (C=O) groups excluding carboxylic acids is 1. The quantitative estimate of drug-likeness (QED) is 0.798. The molecule has 0 radical (unpaired) electrons. The molecule has 2 heterocycles. The number of hydrogen-bond donors (Lipinski definition) is 1. The minimum absolute atomic E-state index is 0.0768. The first-order valence-electron chi connectivity index (χ1n) is 7.17. The zero-order valence-corrected chi connectivity index (χ0v) is 11.7. The molecule has 1 saturated heterocycles. The van der Waals surface area contributed by atoms with Gasteiger partial charge in [0.15, 0.2) is 0 Å². The lowest BCUT2D eigenvalue weighted by Crippen LogP contribution is -2.46. The van der Waals surface area contributed by atoms with E-state index in [1.54, 1.807) is 0 Å². The molecule has 0 aromatic heterocycles. The van der Waals surface area contributed by atoms with Crippen LogP contribution in [0.15, 0.2) is 36.0 Å². The molecule has 1 fully saturated rings. The minimum atomic E-state index is 0.0768. The molecule has 1 unspecified atom stereocenters. The van der Waals surface area contributed by atoms with Crippen LogP contribution in [0.1, 0.15) is 37.8 Å². The van der Waals surface area contributed by atoms with Crippen LogP contribution in [0.5, 0.6) is 5.75 Å². The second-order valence-electron chi connectivity index (χ2n) is 5.48. The second kappa shape index (κ2) is 5.19. The van der Waals surface area contributed by atoms with Crippen molar-refractivity contribution in [3.63, 3.8) is 0 Å². The maximum atomic E-state index is 12.6. The van der Waals surface area contributed by atoms with Gasteiger partial charge >= 0.3 is 0 Å². The third-order valence-electron chi connectivity index (χ3n) is 4.28. The molecule has 3 rings (SSSR count). The highest BCUT2D eigenvalue weighted by Crippen LogP contribution is 2.39. The summed E-state index contributed by atoms with van der Waals surface area (Å²) in [5.74, 6) is 0.973. The lowest BCUT2D eigenvalue weighted by atomic mass is 9.91. The van der Waals surface area contributed by atoms with Crippen LogP contribution in [-0.4, -0.2) is 23.5 Å². The van der Waals surface area contributed by atoms with Crippen LogP contribution in [-0.2, 0) is 4.79 Å². The fourth-order valence-electron chi connectivity index (χ4n) is 3.19. The molecule has 106 valence electrons. The zero-order chi connectivity index (χ0) is 14.1. The lowest BCUT2D eigenvalue weighted by Gasteiger charge is -2.42. The summed E-state index contributed by atoms with van der Waals surface area (Å²) < 4.78 is 5.69. The normalized spacial score (nSPS) is 28.1. The summed E-state index contributed by atoms with van der Waals surface area (Å²) in [7, 11) is 0. The Morgan fingerprint density at radius 2 is 2.15 bits per heavy atom. The number of ether oxygens (including phenoxy) is 1. The first kappa shape index (κ1) is 13.0. The summed E-state index contributed by atoms with van der Waals surface area (Å²) in [5.41, 5.74) is 7.43. The van der Waals surface area contributed by atoms with Gasteiger partial charge in [0.05, 0.1) is 12.6 Å². The smallest absolute Gasteiger partial charge is 0.251 e. The number of amides is 1. The molecule has 2 atom stereocenters. The van der Waals surface area contributed by atoms with Crippen LogP contribution in [0, 0.1) is 0 Å². The Kier molecular flexibility index (Phi) is 3.38. The zero-order valence-electron chi connectivity index (χ0n) is 11.7. The van der Waals surface area contributed by atoms with Crippen LogP contribution in [0.4, 0.5) is 0 Å². The van der Waals surface area contributed by atoms with E-state index in [1.807, 2.05) is 23.1 Å². The monoisotopic (exact) mass is 272 g/mol. The first-order valence-corrected chi connectivity index (χ1v) is 7.17. The van der Waals surface area contributed by atoms with Gasteiger partial charge in [0.2, 0.25) is 0 Å². The van der Waals surface area contributed by atoms with Crippen molar-refractivity contribution in [3.05, 3.63) is 41.6 Å². The summed E-state index contributed by atoms with van der Waals surface area (Å²) in [6.07, 6.45) is 4.05.